The van der Waals surface area contributed by atoms with Gasteiger partial charge in [0.05, 0.1) is 0 Å². The van der Waals surface area contributed by atoms with Crippen molar-refractivity contribution < 1.29 is 0 Å². The molecule has 3 aromatic rings. The second-order valence-corrected chi connectivity index (χ2v) is 5.48. The lowest BCUT2D eigenvalue weighted by molar-refractivity contribution is 0.848. The summed E-state index contributed by atoms with van der Waals surface area (Å²) in [4.78, 5) is 16.9. The molecule has 0 fully saturated rings. The molecular weight excluding hydrogens is 288 g/mol. The van der Waals surface area contributed by atoms with E-state index in [1.807, 2.05) is 68.6 Å². The molecule has 0 unspecified atom stereocenters. The van der Waals surface area contributed by atoms with Crippen LogP contribution in [0.1, 0.15) is 16.8 Å². The Morgan fingerprint density at radius 1 is 1.00 bits per heavy atom. The number of para-hydroxylation sites is 1. The van der Waals surface area contributed by atoms with E-state index in [-0.39, 0.29) is 5.56 Å². The molecular formula is C18H18N4O. The molecule has 0 spiro atoms. The number of benzene rings is 2. The third-order valence-corrected chi connectivity index (χ3v) is 3.71. The van der Waals surface area contributed by atoms with Crippen molar-refractivity contribution in [2.45, 2.75) is 13.3 Å². The fourth-order valence-corrected chi connectivity index (χ4v) is 2.29. The Bertz CT molecular complexity index is 841. The molecule has 1 heterocycles. The summed E-state index contributed by atoms with van der Waals surface area (Å²) in [6.07, 6.45) is 0.470. The molecule has 5 nitrogen and oxygen atoms in total. The van der Waals surface area contributed by atoms with Crippen LogP contribution in [0.4, 0.5) is 11.6 Å². The van der Waals surface area contributed by atoms with Gasteiger partial charge in [-0.05, 0) is 24.6 Å². The third kappa shape index (κ3) is 3.45. The number of aryl methyl sites for hydroxylation is 1. The SMILES string of the molecule is Cc1ccc(Cc2nnc(N(C)c3ccccc3)[nH]c2=O)cc1. The lowest BCUT2D eigenvalue weighted by atomic mass is 10.1. The van der Waals surface area contributed by atoms with Crippen LogP contribution in [0.15, 0.2) is 59.4 Å². The number of H-pyrrole nitrogens is 1. The summed E-state index contributed by atoms with van der Waals surface area (Å²) in [5.74, 6) is 0.425. The average molecular weight is 306 g/mol. The fourth-order valence-electron chi connectivity index (χ4n) is 2.29. The van der Waals surface area contributed by atoms with E-state index >= 15 is 0 Å². The Hall–Kier alpha value is -2.95. The smallest absolute Gasteiger partial charge is 0.274 e. The molecule has 0 saturated carbocycles. The van der Waals surface area contributed by atoms with Crippen LogP contribution < -0.4 is 10.5 Å². The van der Waals surface area contributed by atoms with Gasteiger partial charge in [0.15, 0.2) is 0 Å². The minimum atomic E-state index is -0.210. The highest BCUT2D eigenvalue weighted by Crippen LogP contribution is 2.17. The minimum Gasteiger partial charge on any atom is -0.314 e. The first-order valence-corrected chi connectivity index (χ1v) is 7.43. The molecule has 2 aromatic carbocycles. The first-order chi connectivity index (χ1) is 11.1. The highest BCUT2D eigenvalue weighted by molar-refractivity contribution is 5.55. The molecule has 1 N–H and O–H groups in total. The summed E-state index contributed by atoms with van der Waals surface area (Å²) in [6, 6.07) is 17.7. The Morgan fingerprint density at radius 2 is 1.70 bits per heavy atom. The van der Waals surface area contributed by atoms with Crippen LogP contribution in [0.2, 0.25) is 0 Å². The Kier molecular flexibility index (Phi) is 4.19. The Balaban J connectivity index is 1.83. The van der Waals surface area contributed by atoms with Crippen LogP contribution in [0.3, 0.4) is 0 Å². The first kappa shape index (κ1) is 15.0. The van der Waals surface area contributed by atoms with Gasteiger partial charge in [-0.25, -0.2) is 0 Å². The topological polar surface area (TPSA) is 61.9 Å². The molecule has 0 bridgehead atoms. The molecule has 0 atom stereocenters. The molecule has 0 radical (unpaired) electrons. The standard InChI is InChI=1S/C18H18N4O/c1-13-8-10-14(11-9-13)12-16-17(23)19-18(21-20-16)22(2)15-6-4-3-5-7-15/h3-11H,12H2,1-2H3,(H,19,21,23). The Morgan fingerprint density at radius 3 is 2.35 bits per heavy atom. The molecule has 23 heavy (non-hydrogen) atoms. The number of aromatic nitrogens is 3. The van der Waals surface area contributed by atoms with Crippen LogP contribution >= 0.6 is 0 Å². The normalized spacial score (nSPS) is 10.5. The Labute approximate surface area is 134 Å². The summed E-state index contributed by atoms with van der Waals surface area (Å²) < 4.78 is 0. The molecule has 5 heteroatoms. The van der Waals surface area contributed by atoms with Gasteiger partial charge in [-0.3, -0.25) is 9.78 Å². The van der Waals surface area contributed by atoms with E-state index in [4.69, 9.17) is 0 Å². The summed E-state index contributed by atoms with van der Waals surface area (Å²) in [7, 11) is 1.84. The maximum atomic E-state index is 12.3. The van der Waals surface area contributed by atoms with E-state index in [0.29, 0.717) is 18.1 Å². The lowest BCUT2D eigenvalue weighted by Gasteiger charge is -2.16. The van der Waals surface area contributed by atoms with Crippen LogP contribution in [0.5, 0.6) is 0 Å². The summed E-state index contributed by atoms with van der Waals surface area (Å²) in [5.41, 5.74) is 3.37. The highest BCUT2D eigenvalue weighted by atomic mass is 16.1. The van der Waals surface area contributed by atoms with Crippen molar-refractivity contribution in [3.05, 3.63) is 81.8 Å². The van der Waals surface area contributed by atoms with Crippen molar-refractivity contribution in [2.24, 2.45) is 0 Å². The van der Waals surface area contributed by atoms with Crippen LogP contribution in [-0.2, 0) is 6.42 Å². The van der Waals surface area contributed by atoms with Crippen molar-refractivity contribution in [3.8, 4) is 0 Å². The monoisotopic (exact) mass is 306 g/mol. The number of aromatic amines is 1. The van der Waals surface area contributed by atoms with Crippen molar-refractivity contribution >= 4 is 11.6 Å². The molecule has 3 rings (SSSR count). The molecule has 0 aliphatic heterocycles. The predicted molar refractivity (Wildman–Crippen MR) is 91.1 cm³/mol. The molecule has 1 aromatic heterocycles. The van der Waals surface area contributed by atoms with Gasteiger partial charge in [-0.2, -0.15) is 0 Å². The number of rotatable bonds is 4. The minimum absolute atomic E-state index is 0.210. The van der Waals surface area contributed by atoms with Crippen molar-refractivity contribution in [3.63, 3.8) is 0 Å². The van der Waals surface area contributed by atoms with Crippen molar-refractivity contribution in [1.29, 1.82) is 0 Å². The van der Waals surface area contributed by atoms with Gasteiger partial charge in [0.25, 0.3) is 5.56 Å². The van der Waals surface area contributed by atoms with E-state index in [2.05, 4.69) is 15.2 Å². The number of hydrogen-bond donors (Lipinski definition) is 1. The van der Waals surface area contributed by atoms with E-state index in [0.717, 1.165) is 11.3 Å². The second-order valence-electron chi connectivity index (χ2n) is 5.48. The predicted octanol–water partition coefficient (Wildman–Crippen LogP) is 2.83. The molecule has 0 saturated heterocycles. The van der Waals surface area contributed by atoms with E-state index in [9.17, 15) is 4.79 Å². The molecule has 0 aliphatic carbocycles. The summed E-state index contributed by atoms with van der Waals surface area (Å²) in [5, 5.41) is 8.26. The van der Waals surface area contributed by atoms with Crippen LogP contribution in [0.25, 0.3) is 0 Å². The van der Waals surface area contributed by atoms with Crippen LogP contribution in [0, 0.1) is 6.92 Å². The second kappa shape index (κ2) is 6.44. The van der Waals surface area contributed by atoms with E-state index in [1.54, 1.807) is 4.90 Å². The molecule has 0 aliphatic rings. The van der Waals surface area contributed by atoms with Gasteiger partial charge >= 0.3 is 0 Å². The maximum absolute atomic E-state index is 12.3. The summed E-state index contributed by atoms with van der Waals surface area (Å²) in [6.45, 7) is 2.03. The molecule has 0 amide bonds. The lowest BCUT2D eigenvalue weighted by Crippen LogP contribution is -2.23. The number of nitrogens with zero attached hydrogens (tertiary/aromatic N) is 3. The van der Waals surface area contributed by atoms with Gasteiger partial charge in [-0.1, -0.05) is 48.0 Å². The fraction of sp³-hybridized carbons (Fsp3) is 0.167. The number of anilines is 2. The van der Waals surface area contributed by atoms with E-state index < -0.39 is 0 Å². The first-order valence-electron chi connectivity index (χ1n) is 7.43. The van der Waals surface area contributed by atoms with E-state index in [1.165, 1.54) is 5.56 Å². The van der Waals surface area contributed by atoms with Gasteiger partial charge in [-0.15, -0.1) is 10.2 Å². The number of nitrogens with one attached hydrogen (secondary N) is 1. The van der Waals surface area contributed by atoms with Gasteiger partial charge in [0.1, 0.15) is 5.69 Å². The average Bonchev–Trinajstić information content (AvgIpc) is 2.59. The maximum Gasteiger partial charge on any atom is 0.274 e. The van der Waals surface area contributed by atoms with Crippen molar-refractivity contribution in [1.82, 2.24) is 15.2 Å². The quantitative estimate of drug-likeness (QED) is 0.805. The van der Waals surface area contributed by atoms with Gasteiger partial charge in [0, 0.05) is 19.2 Å². The zero-order valence-electron chi connectivity index (χ0n) is 13.2. The zero-order valence-corrected chi connectivity index (χ0v) is 13.2. The largest absolute Gasteiger partial charge is 0.314 e. The zero-order chi connectivity index (χ0) is 16.2. The highest BCUT2D eigenvalue weighted by Gasteiger charge is 2.10. The molecule has 116 valence electrons. The number of hydrogen-bond acceptors (Lipinski definition) is 4. The summed E-state index contributed by atoms with van der Waals surface area (Å²) >= 11 is 0. The van der Waals surface area contributed by atoms with Gasteiger partial charge < -0.3 is 4.90 Å². The third-order valence-electron chi connectivity index (χ3n) is 3.71. The van der Waals surface area contributed by atoms with Crippen molar-refractivity contribution in [2.75, 3.05) is 11.9 Å². The van der Waals surface area contributed by atoms with Crippen LogP contribution in [-0.4, -0.2) is 22.2 Å². The van der Waals surface area contributed by atoms with Gasteiger partial charge in [0.2, 0.25) is 5.95 Å².